The van der Waals surface area contributed by atoms with E-state index in [0.717, 1.165) is 44.1 Å². The van der Waals surface area contributed by atoms with Gasteiger partial charge in [-0.25, -0.2) is 0 Å². The van der Waals surface area contributed by atoms with E-state index >= 15 is 0 Å². The third-order valence-corrected chi connectivity index (χ3v) is 3.43. The topological polar surface area (TPSA) is 41.0 Å². The minimum atomic E-state index is 0.273. The smallest absolute Gasteiger partial charge is 0.151 e. The van der Waals surface area contributed by atoms with Crippen molar-refractivity contribution in [1.29, 1.82) is 0 Å². The Balaban J connectivity index is 2.08. The van der Waals surface area contributed by atoms with Crippen LogP contribution in [0.5, 0.6) is 0 Å². The van der Waals surface area contributed by atoms with E-state index in [4.69, 9.17) is 0 Å². The van der Waals surface area contributed by atoms with Crippen LogP contribution in [0.3, 0.4) is 0 Å². The van der Waals surface area contributed by atoms with Gasteiger partial charge in [-0.2, -0.15) is 5.10 Å². The Morgan fingerprint density at radius 1 is 1.32 bits per heavy atom. The second kappa shape index (κ2) is 5.87. The van der Waals surface area contributed by atoms with Crippen molar-refractivity contribution in [3.05, 3.63) is 17.8 Å². The Labute approximate surface area is 116 Å². The minimum Gasteiger partial charge on any atom is -0.353 e. The van der Waals surface area contributed by atoms with Crippen molar-refractivity contribution in [3.8, 4) is 0 Å². The van der Waals surface area contributed by atoms with Crippen LogP contribution in [0.4, 0.5) is 5.82 Å². The van der Waals surface area contributed by atoms with Crippen LogP contribution in [0.1, 0.15) is 33.4 Å². The van der Waals surface area contributed by atoms with Crippen LogP contribution in [0.25, 0.3) is 0 Å². The van der Waals surface area contributed by atoms with E-state index in [9.17, 15) is 0 Å². The van der Waals surface area contributed by atoms with E-state index < -0.39 is 0 Å². The van der Waals surface area contributed by atoms with Gasteiger partial charge >= 0.3 is 0 Å². The van der Waals surface area contributed by atoms with Crippen molar-refractivity contribution in [3.63, 3.8) is 0 Å². The lowest BCUT2D eigenvalue weighted by Gasteiger charge is -2.29. The van der Waals surface area contributed by atoms with E-state index in [1.165, 1.54) is 0 Å². The summed E-state index contributed by atoms with van der Waals surface area (Å²) in [6, 6.07) is 4.24. The fraction of sp³-hybridized carbons (Fsp3) is 0.733. The number of nitrogens with zero attached hydrogens (tertiary/aromatic N) is 3. The highest BCUT2D eigenvalue weighted by atomic mass is 15.3. The summed E-state index contributed by atoms with van der Waals surface area (Å²) in [5, 5.41) is 12.3. The molecule has 0 saturated carbocycles. The van der Waals surface area contributed by atoms with Crippen molar-refractivity contribution in [2.45, 2.75) is 34.1 Å². The molecule has 4 nitrogen and oxygen atoms in total. The van der Waals surface area contributed by atoms with Gasteiger partial charge in [0.1, 0.15) is 0 Å². The summed E-state index contributed by atoms with van der Waals surface area (Å²) in [6.45, 7) is 13.1. The molecule has 1 aromatic rings. The van der Waals surface area contributed by atoms with Crippen LogP contribution in [-0.2, 0) is 6.42 Å². The fourth-order valence-corrected chi connectivity index (χ4v) is 2.54. The molecule has 0 amide bonds. The van der Waals surface area contributed by atoms with Gasteiger partial charge in [-0.3, -0.25) is 0 Å². The molecule has 0 radical (unpaired) electrons. The SMILES string of the molecule is CC(C)Cc1ccc(N2CCNCC(C)(C)C2)nn1. The summed E-state index contributed by atoms with van der Waals surface area (Å²) < 4.78 is 0. The lowest BCUT2D eigenvalue weighted by molar-refractivity contribution is 0.369. The first-order valence-corrected chi connectivity index (χ1v) is 7.24. The van der Waals surface area contributed by atoms with Crippen LogP contribution in [0.2, 0.25) is 0 Å². The van der Waals surface area contributed by atoms with Gasteiger partial charge < -0.3 is 10.2 Å². The zero-order valence-electron chi connectivity index (χ0n) is 12.6. The van der Waals surface area contributed by atoms with Crippen molar-refractivity contribution in [1.82, 2.24) is 15.5 Å². The Bertz CT molecular complexity index is 397. The summed E-state index contributed by atoms with van der Waals surface area (Å²) in [4.78, 5) is 2.34. The van der Waals surface area contributed by atoms with Crippen LogP contribution in [0, 0.1) is 11.3 Å². The maximum Gasteiger partial charge on any atom is 0.151 e. The standard InChI is InChI=1S/C15H26N4/c1-12(2)9-13-5-6-14(18-17-13)19-8-7-16-10-15(3,4)11-19/h5-6,12,16H,7-11H2,1-4H3. The lowest BCUT2D eigenvalue weighted by atomic mass is 9.93. The third-order valence-electron chi connectivity index (χ3n) is 3.43. The first-order chi connectivity index (χ1) is 8.96. The van der Waals surface area contributed by atoms with Gasteiger partial charge in [-0.15, -0.1) is 5.10 Å². The Morgan fingerprint density at radius 2 is 2.11 bits per heavy atom. The molecule has 0 atom stereocenters. The molecular weight excluding hydrogens is 236 g/mol. The molecule has 0 aromatic carbocycles. The molecular formula is C15H26N4. The largest absolute Gasteiger partial charge is 0.353 e. The molecule has 1 aliphatic rings. The Kier molecular flexibility index (Phi) is 4.40. The summed E-state index contributed by atoms with van der Waals surface area (Å²) >= 11 is 0. The van der Waals surface area contributed by atoms with E-state index in [-0.39, 0.29) is 5.41 Å². The molecule has 1 N–H and O–H groups in total. The maximum absolute atomic E-state index is 4.41. The van der Waals surface area contributed by atoms with E-state index in [2.05, 4.69) is 60.2 Å². The summed E-state index contributed by atoms with van der Waals surface area (Å²) in [6.07, 6.45) is 1.00. The second-order valence-electron chi connectivity index (χ2n) is 6.74. The van der Waals surface area contributed by atoms with Crippen LogP contribution < -0.4 is 10.2 Å². The number of hydrogen-bond acceptors (Lipinski definition) is 4. The van der Waals surface area contributed by atoms with Crippen LogP contribution >= 0.6 is 0 Å². The molecule has 0 bridgehead atoms. The van der Waals surface area contributed by atoms with Crippen LogP contribution in [-0.4, -0.2) is 36.4 Å². The maximum atomic E-state index is 4.41. The molecule has 19 heavy (non-hydrogen) atoms. The number of hydrogen-bond donors (Lipinski definition) is 1. The molecule has 106 valence electrons. The zero-order chi connectivity index (χ0) is 13.9. The Morgan fingerprint density at radius 3 is 2.74 bits per heavy atom. The molecule has 1 aromatic heterocycles. The third kappa shape index (κ3) is 4.16. The molecule has 1 fully saturated rings. The monoisotopic (exact) mass is 262 g/mol. The fourth-order valence-electron chi connectivity index (χ4n) is 2.54. The number of aromatic nitrogens is 2. The summed E-state index contributed by atoms with van der Waals surface area (Å²) in [5.41, 5.74) is 1.36. The summed E-state index contributed by atoms with van der Waals surface area (Å²) in [7, 11) is 0. The van der Waals surface area contributed by atoms with E-state index in [0.29, 0.717) is 5.92 Å². The van der Waals surface area contributed by atoms with E-state index in [1.807, 2.05) is 0 Å². The van der Waals surface area contributed by atoms with Crippen molar-refractivity contribution in [2.24, 2.45) is 11.3 Å². The van der Waals surface area contributed by atoms with Gasteiger partial charge in [0.05, 0.1) is 5.69 Å². The average molecular weight is 262 g/mol. The predicted molar refractivity (Wildman–Crippen MR) is 79.4 cm³/mol. The highest BCUT2D eigenvalue weighted by Gasteiger charge is 2.25. The highest BCUT2D eigenvalue weighted by molar-refractivity contribution is 5.38. The highest BCUT2D eigenvalue weighted by Crippen LogP contribution is 2.21. The first kappa shape index (κ1) is 14.3. The second-order valence-corrected chi connectivity index (χ2v) is 6.74. The molecule has 4 heteroatoms. The van der Waals surface area contributed by atoms with Gasteiger partial charge in [0.25, 0.3) is 0 Å². The number of nitrogens with one attached hydrogen (secondary N) is 1. The Hall–Kier alpha value is -1.16. The molecule has 1 aliphatic heterocycles. The van der Waals surface area contributed by atoms with Gasteiger partial charge in [0.2, 0.25) is 0 Å². The van der Waals surface area contributed by atoms with Crippen molar-refractivity contribution in [2.75, 3.05) is 31.1 Å². The minimum absolute atomic E-state index is 0.273. The lowest BCUT2D eigenvalue weighted by Crippen LogP contribution is -2.35. The first-order valence-electron chi connectivity index (χ1n) is 7.24. The molecule has 2 rings (SSSR count). The quantitative estimate of drug-likeness (QED) is 0.906. The molecule has 2 heterocycles. The molecule has 1 saturated heterocycles. The summed E-state index contributed by atoms with van der Waals surface area (Å²) in [5.74, 6) is 1.63. The van der Waals surface area contributed by atoms with Gasteiger partial charge in [0.15, 0.2) is 5.82 Å². The predicted octanol–water partition coefficient (Wildman–Crippen LogP) is 2.11. The molecule has 0 spiro atoms. The van der Waals surface area contributed by atoms with Crippen molar-refractivity contribution >= 4 is 5.82 Å². The number of rotatable bonds is 3. The van der Waals surface area contributed by atoms with Gasteiger partial charge in [-0.05, 0) is 29.9 Å². The zero-order valence-corrected chi connectivity index (χ0v) is 12.6. The van der Waals surface area contributed by atoms with E-state index in [1.54, 1.807) is 0 Å². The van der Waals surface area contributed by atoms with Gasteiger partial charge in [-0.1, -0.05) is 27.7 Å². The average Bonchev–Trinajstić information content (AvgIpc) is 2.50. The van der Waals surface area contributed by atoms with Gasteiger partial charge in [0, 0.05) is 26.2 Å². The number of anilines is 1. The molecule has 0 aliphatic carbocycles. The molecule has 0 unspecified atom stereocenters. The van der Waals surface area contributed by atoms with Crippen molar-refractivity contribution < 1.29 is 0 Å². The normalized spacial score (nSPS) is 19.5. The van der Waals surface area contributed by atoms with Crippen LogP contribution in [0.15, 0.2) is 12.1 Å².